The molecule has 2 atom stereocenters. The summed E-state index contributed by atoms with van der Waals surface area (Å²) in [6.07, 6.45) is 8.93. The van der Waals surface area contributed by atoms with Gasteiger partial charge in [0.25, 0.3) is 0 Å². The number of aromatic nitrogens is 2. The minimum Gasteiger partial charge on any atom is -0.393 e. The number of piperidine rings is 1. The zero-order valence-electron chi connectivity index (χ0n) is 22.4. The highest BCUT2D eigenvalue weighted by molar-refractivity contribution is 6.31. The first kappa shape index (κ1) is 28.9. The average Bonchev–Trinajstić information content (AvgIpc) is 2.90. The number of anilines is 2. The number of hydrogen-bond acceptors (Lipinski definition) is 7. The van der Waals surface area contributed by atoms with Crippen LogP contribution in [0.5, 0.6) is 0 Å². The number of hydrogen-bond donors (Lipinski definition) is 2. The molecule has 0 spiro atoms. The smallest absolute Gasteiger partial charge is 0.228 e. The van der Waals surface area contributed by atoms with Gasteiger partial charge in [-0.25, -0.2) is 9.37 Å². The van der Waals surface area contributed by atoms with Crippen LogP contribution in [0.15, 0.2) is 53.7 Å². The van der Waals surface area contributed by atoms with Gasteiger partial charge in [-0.15, -0.1) is 0 Å². The Bertz CT molecular complexity index is 992. The molecule has 2 saturated heterocycles. The molecule has 1 aromatic carbocycles. The molecule has 2 aliphatic heterocycles. The highest BCUT2D eigenvalue weighted by Crippen LogP contribution is 2.29. The number of halogens is 2. The summed E-state index contributed by atoms with van der Waals surface area (Å²) >= 11 is 5.67. The molecule has 0 aliphatic carbocycles. The third-order valence-corrected chi connectivity index (χ3v) is 6.75. The first-order valence-corrected chi connectivity index (χ1v) is 13.4. The summed E-state index contributed by atoms with van der Waals surface area (Å²) in [6, 6.07) is 9.45. The fraction of sp³-hybridized carbons (Fsp3) is 0.500. The summed E-state index contributed by atoms with van der Waals surface area (Å²) in [5, 5.41) is 6.91. The number of rotatable bonds is 7. The molecule has 2 fully saturated rings. The van der Waals surface area contributed by atoms with Crippen LogP contribution >= 0.6 is 11.6 Å². The average molecular weight is 531 g/mol. The van der Waals surface area contributed by atoms with Crippen molar-refractivity contribution in [1.82, 2.24) is 20.6 Å². The van der Waals surface area contributed by atoms with Crippen LogP contribution in [-0.2, 0) is 4.74 Å². The van der Waals surface area contributed by atoms with Crippen LogP contribution in [0, 0.1) is 5.82 Å². The van der Waals surface area contributed by atoms with Crippen LogP contribution in [0.4, 0.5) is 16.2 Å². The Morgan fingerprint density at radius 3 is 2.62 bits per heavy atom. The number of piperazine rings is 1. The van der Waals surface area contributed by atoms with Crippen molar-refractivity contribution >= 4 is 23.4 Å². The highest BCUT2D eigenvalue weighted by atomic mass is 35.5. The number of allylic oxidation sites excluding steroid dienone is 2. The largest absolute Gasteiger partial charge is 0.393 e. The van der Waals surface area contributed by atoms with Crippen LogP contribution in [0.3, 0.4) is 0 Å². The molecule has 3 heterocycles. The first-order chi connectivity index (χ1) is 17.9. The molecule has 0 bridgehead atoms. The van der Waals surface area contributed by atoms with E-state index in [4.69, 9.17) is 26.3 Å². The molecule has 7 nitrogen and oxygen atoms in total. The van der Waals surface area contributed by atoms with Crippen molar-refractivity contribution in [3.05, 3.63) is 59.5 Å². The molecule has 2 aromatic rings. The summed E-state index contributed by atoms with van der Waals surface area (Å²) in [5.41, 5.74) is 1.78. The van der Waals surface area contributed by atoms with Crippen LogP contribution in [-0.4, -0.2) is 69.0 Å². The van der Waals surface area contributed by atoms with E-state index in [1.54, 1.807) is 38.6 Å². The molecular weight excluding hydrogens is 491 g/mol. The Morgan fingerprint density at radius 1 is 1.16 bits per heavy atom. The quantitative estimate of drug-likeness (QED) is 0.491. The summed E-state index contributed by atoms with van der Waals surface area (Å²) in [5.74, 6) is 1.53. The van der Waals surface area contributed by atoms with Crippen LogP contribution < -0.4 is 20.4 Å². The number of nitrogens with one attached hydrogen (secondary N) is 2. The molecule has 2 aliphatic rings. The van der Waals surface area contributed by atoms with E-state index >= 15 is 0 Å². The number of nitrogens with zero attached hydrogens (tertiary/aromatic N) is 4. The molecule has 0 saturated carbocycles. The maximum absolute atomic E-state index is 13.4. The third kappa shape index (κ3) is 8.69. The molecule has 9 heteroatoms. The SMILES string of the molecule is CC1CNCCN1c1cc(-c2ccc(F)cc2)nc(N2CCCCC2C)n1.CN/C=C(Cl)\C=C/COC. The fourth-order valence-corrected chi connectivity index (χ4v) is 4.68. The van der Waals surface area contributed by atoms with Gasteiger partial charge in [0.05, 0.1) is 17.3 Å². The summed E-state index contributed by atoms with van der Waals surface area (Å²) in [6.45, 7) is 8.88. The number of benzene rings is 1. The second-order valence-electron chi connectivity index (χ2n) is 9.38. The monoisotopic (exact) mass is 530 g/mol. The van der Waals surface area contributed by atoms with Crippen molar-refractivity contribution in [3.63, 3.8) is 0 Å². The lowest BCUT2D eigenvalue weighted by atomic mass is 10.0. The zero-order chi connectivity index (χ0) is 26.6. The van der Waals surface area contributed by atoms with E-state index in [9.17, 15) is 4.39 Å². The van der Waals surface area contributed by atoms with Gasteiger partial charge in [0.2, 0.25) is 5.95 Å². The normalized spacial score (nSPS) is 20.5. The minimum atomic E-state index is -0.228. The van der Waals surface area contributed by atoms with Gasteiger partial charge in [0.1, 0.15) is 11.6 Å². The van der Waals surface area contributed by atoms with Gasteiger partial charge >= 0.3 is 0 Å². The second-order valence-corrected chi connectivity index (χ2v) is 9.82. The standard InChI is InChI=1S/C21H28FN5.C7H12ClNO/c1-15-5-3-4-11-27(15)21-24-19(17-6-8-18(22)9-7-17)13-20(25-21)26-12-10-23-14-16(26)2;1-9-6-7(8)4-3-5-10-2/h6-9,13,15-16,23H,3-5,10-12,14H2,1-2H3;3-4,6,9H,5H2,1-2H3/b;4-3-,7-6+. The third-order valence-electron chi connectivity index (χ3n) is 6.52. The van der Waals surface area contributed by atoms with Crippen LogP contribution in [0.25, 0.3) is 11.3 Å². The maximum Gasteiger partial charge on any atom is 0.228 e. The predicted octanol–water partition coefficient (Wildman–Crippen LogP) is 4.95. The first-order valence-electron chi connectivity index (χ1n) is 13.0. The molecule has 0 amide bonds. The van der Waals surface area contributed by atoms with Gasteiger partial charge in [-0.3, -0.25) is 0 Å². The molecule has 4 rings (SSSR count). The topological polar surface area (TPSA) is 65.5 Å². The number of ether oxygens (including phenoxy) is 1. The van der Waals surface area contributed by atoms with E-state index in [1.807, 2.05) is 12.1 Å². The summed E-state index contributed by atoms with van der Waals surface area (Å²) in [7, 11) is 3.44. The predicted molar refractivity (Wildman–Crippen MR) is 152 cm³/mol. The van der Waals surface area contributed by atoms with Gasteiger partial charge in [0.15, 0.2) is 0 Å². The Balaban J connectivity index is 0.000000325. The lowest BCUT2D eigenvalue weighted by Crippen LogP contribution is -2.50. The van der Waals surface area contributed by atoms with Crippen LogP contribution in [0.2, 0.25) is 0 Å². The van der Waals surface area contributed by atoms with Gasteiger partial charge in [-0.05, 0) is 63.5 Å². The summed E-state index contributed by atoms with van der Waals surface area (Å²) < 4.78 is 18.2. The highest BCUT2D eigenvalue weighted by Gasteiger charge is 2.25. The van der Waals surface area contributed by atoms with Crippen LogP contribution in [0.1, 0.15) is 33.1 Å². The van der Waals surface area contributed by atoms with E-state index < -0.39 is 0 Å². The van der Waals surface area contributed by atoms with Crippen molar-refractivity contribution in [2.75, 3.05) is 56.7 Å². The molecule has 202 valence electrons. The summed E-state index contributed by atoms with van der Waals surface area (Å²) in [4.78, 5) is 14.5. The fourth-order valence-electron chi connectivity index (χ4n) is 4.49. The van der Waals surface area contributed by atoms with Gasteiger partial charge in [-0.1, -0.05) is 17.7 Å². The Morgan fingerprint density at radius 2 is 1.95 bits per heavy atom. The molecular formula is C28H40ClFN6O. The lowest BCUT2D eigenvalue weighted by Gasteiger charge is -2.37. The lowest BCUT2D eigenvalue weighted by molar-refractivity contribution is 0.234. The molecule has 2 N–H and O–H groups in total. The zero-order valence-corrected chi connectivity index (χ0v) is 23.1. The maximum atomic E-state index is 13.4. The van der Waals surface area contributed by atoms with Gasteiger partial charge in [0, 0.05) is 70.2 Å². The minimum absolute atomic E-state index is 0.228. The van der Waals surface area contributed by atoms with E-state index in [2.05, 4.69) is 34.3 Å². The van der Waals surface area contributed by atoms with Crippen molar-refractivity contribution < 1.29 is 9.13 Å². The Labute approximate surface area is 225 Å². The Hall–Kier alpha value is -2.68. The van der Waals surface area contributed by atoms with Crippen molar-refractivity contribution in [2.24, 2.45) is 0 Å². The van der Waals surface area contributed by atoms with Gasteiger partial charge < -0.3 is 25.2 Å². The molecule has 1 aromatic heterocycles. The van der Waals surface area contributed by atoms with Crippen molar-refractivity contribution in [1.29, 1.82) is 0 Å². The Kier molecular flexibility index (Phi) is 11.6. The number of methoxy groups -OCH3 is 1. The van der Waals surface area contributed by atoms with E-state index in [-0.39, 0.29) is 5.82 Å². The van der Waals surface area contributed by atoms with Crippen molar-refractivity contribution in [3.8, 4) is 11.3 Å². The van der Waals surface area contributed by atoms with E-state index in [0.717, 1.165) is 49.2 Å². The van der Waals surface area contributed by atoms with E-state index in [1.165, 1.54) is 31.4 Å². The van der Waals surface area contributed by atoms with Gasteiger partial charge in [-0.2, -0.15) is 4.98 Å². The van der Waals surface area contributed by atoms with Crippen molar-refractivity contribution in [2.45, 2.75) is 45.2 Å². The second kappa shape index (κ2) is 14.9. The molecule has 37 heavy (non-hydrogen) atoms. The molecule has 2 unspecified atom stereocenters. The van der Waals surface area contributed by atoms with E-state index in [0.29, 0.717) is 23.7 Å². The molecule has 0 radical (unpaired) electrons.